The first-order chi connectivity index (χ1) is 11.3. The van der Waals surface area contributed by atoms with E-state index in [1.807, 2.05) is 61.5 Å². The molecule has 0 amide bonds. The third-order valence-electron chi connectivity index (χ3n) is 3.40. The molecular weight excluding hydrogens is 308 g/mol. The van der Waals surface area contributed by atoms with E-state index in [0.717, 1.165) is 22.7 Å². The SMILES string of the molecule is CCOc1ccccc1CNn1c(-c2ccccc2)n[nH]c1=S. The Hall–Kier alpha value is -2.60. The second kappa shape index (κ2) is 7.11. The fourth-order valence-corrected chi connectivity index (χ4v) is 2.53. The van der Waals surface area contributed by atoms with Gasteiger partial charge in [0, 0.05) is 11.1 Å². The van der Waals surface area contributed by atoms with Gasteiger partial charge in [0.2, 0.25) is 4.77 Å². The van der Waals surface area contributed by atoms with Crippen LogP contribution in [-0.2, 0) is 6.54 Å². The molecular formula is C17H18N4OS. The molecule has 3 rings (SSSR count). The predicted octanol–water partition coefficient (Wildman–Crippen LogP) is 3.75. The molecule has 0 spiro atoms. The molecule has 1 aromatic heterocycles. The molecule has 5 nitrogen and oxygen atoms in total. The Morgan fingerprint density at radius 3 is 2.65 bits per heavy atom. The first-order valence-electron chi connectivity index (χ1n) is 7.47. The van der Waals surface area contributed by atoms with Crippen LogP contribution in [0.2, 0.25) is 0 Å². The Morgan fingerprint density at radius 2 is 1.87 bits per heavy atom. The maximum Gasteiger partial charge on any atom is 0.214 e. The minimum atomic E-state index is 0.526. The van der Waals surface area contributed by atoms with Crippen LogP contribution in [0.15, 0.2) is 54.6 Å². The van der Waals surface area contributed by atoms with Crippen molar-refractivity contribution in [3.63, 3.8) is 0 Å². The van der Waals surface area contributed by atoms with E-state index in [1.54, 1.807) is 4.68 Å². The zero-order valence-electron chi connectivity index (χ0n) is 12.8. The molecule has 0 saturated carbocycles. The lowest BCUT2D eigenvalue weighted by molar-refractivity contribution is 0.336. The summed E-state index contributed by atoms with van der Waals surface area (Å²) in [5.74, 6) is 1.63. The average molecular weight is 326 g/mol. The van der Waals surface area contributed by atoms with Crippen molar-refractivity contribution in [1.82, 2.24) is 14.9 Å². The van der Waals surface area contributed by atoms with Crippen molar-refractivity contribution in [1.29, 1.82) is 0 Å². The summed E-state index contributed by atoms with van der Waals surface area (Å²) in [4.78, 5) is 0. The van der Waals surface area contributed by atoms with Gasteiger partial charge in [-0.25, -0.2) is 9.77 Å². The number of nitrogens with one attached hydrogen (secondary N) is 2. The van der Waals surface area contributed by atoms with Gasteiger partial charge in [0.15, 0.2) is 5.82 Å². The quantitative estimate of drug-likeness (QED) is 0.677. The molecule has 118 valence electrons. The summed E-state index contributed by atoms with van der Waals surface area (Å²) in [7, 11) is 0. The van der Waals surface area contributed by atoms with Crippen LogP contribution < -0.4 is 10.2 Å². The summed E-state index contributed by atoms with van der Waals surface area (Å²) in [6.45, 7) is 3.20. The molecule has 0 aliphatic rings. The van der Waals surface area contributed by atoms with Gasteiger partial charge in [-0.2, -0.15) is 5.10 Å². The molecule has 0 saturated heterocycles. The van der Waals surface area contributed by atoms with Gasteiger partial charge in [0.05, 0.1) is 13.2 Å². The van der Waals surface area contributed by atoms with Gasteiger partial charge in [-0.1, -0.05) is 48.5 Å². The van der Waals surface area contributed by atoms with Crippen LogP contribution in [-0.4, -0.2) is 21.5 Å². The largest absolute Gasteiger partial charge is 0.494 e. The van der Waals surface area contributed by atoms with Crippen LogP contribution in [0.3, 0.4) is 0 Å². The summed E-state index contributed by atoms with van der Waals surface area (Å²) in [5.41, 5.74) is 5.37. The van der Waals surface area contributed by atoms with E-state index >= 15 is 0 Å². The number of H-pyrrole nitrogens is 1. The Balaban J connectivity index is 1.85. The summed E-state index contributed by atoms with van der Waals surface area (Å²) in [6, 6.07) is 17.9. The van der Waals surface area contributed by atoms with Crippen molar-refractivity contribution in [2.75, 3.05) is 12.0 Å². The predicted molar refractivity (Wildman–Crippen MR) is 93.5 cm³/mol. The Bertz CT molecular complexity index is 826. The van der Waals surface area contributed by atoms with Crippen LogP contribution in [0.5, 0.6) is 5.75 Å². The molecule has 2 N–H and O–H groups in total. The molecule has 0 atom stereocenters. The molecule has 0 fully saturated rings. The van der Waals surface area contributed by atoms with Crippen molar-refractivity contribution in [3.05, 3.63) is 64.9 Å². The van der Waals surface area contributed by atoms with Gasteiger partial charge < -0.3 is 10.2 Å². The number of ether oxygens (including phenoxy) is 1. The highest BCUT2D eigenvalue weighted by atomic mass is 32.1. The highest BCUT2D eigenvalue weighted by Crippen LogP contribution is 2.19. The number of benzene rings is 2. The van der Waals surface area contributed by atoms with Gasteiger partial charge in [0.1, 0.15) is 5.75 Å². The van der Waals surface area contributed by atoms with Gasteiger partial charge in [-0.05, 0) is 25.2 Å². The van der Waals surface area contributed by atoms with Crippen molar-refractivity contribution in [3.8, 4) is 17.1 Å². The second-order valence-corrected chi connectivity index (χ2v) is 5.32. The van der Waals surface area contributed by atoms with Gasteiger partial charge in [-0.15, -0.1) is 0 Å². The fraction of sp³-hybridized carbons (Fsp3) is 0.176. The molecule has 0 bridgehead atoms. The second-order valence-electron chi connectivity index (χ2n) is 4.93. The number of hydrogen-bond acceptors (Lipinski definition) is 4. The lowest BCUT2D eigenvalue weighted by atomic mass is 10.2. The number of aromatic amines is 1. The minimum Gasteiger partial charge on any atom is -0.494 e. The van der Waals surface area contributed by atoms with E-state index in [-0.39, 0.29) is 0 Å². The lowest BCUT2D eigenvalue weighted by Gasteiger charge is -2.13. The zero-order valence-corrected chi connectivity index (χ0v) is 13.6. The highest BCUT2D eigenvalue weighted by molar-refractivity contribution is 7.71. The third-order valence-corrected chi connectivity index (χ3v) is 3.68. The van der Waals surface area contributed by atoms with E-state index in [9.17, 15) is 0 Å². The lowest BCUT2D eigenvalue weighted by Crippen LogP contribution is -2.16. The standard InChI is InChI=1S/C17H18N4OS/c1-2-22-15-11-7-6-10-14(15)12-18-21-16(19-20-17(21)23)13-8-4-3-5-9-13/h3-11,18H,2,12H2,1H3,(H,20,23). The van der Waals surface area contributed by atoms with Crippen LogP contribution in [0.25, 0.3) is 11.4 Å². The molecule has 1 heterocycles. The molecule has 23 heavy (non-hydrogen) atoms. The molecule has 0 radical (unpaired) electrons. The molecule has 0 unspecified atom stereocenters. The minimum absolute atomic E-state index is 0.526. The Morgan fingerprint density at radius 1 is 1.13 bits per heavy atom. The van der Waals surface area contributed by atoms with E-state index < -0.39 is 0 Å². The van der Waals surface area contributed by atoms with Crippen LogP contribution in [0, 0.1) is 4.77 Å². The van der Waals surface area contributed by atoms with Gasteiger partial charge in [0.25, 0.3) is 0 Å². The van der Waals surface area contributed by atoms with Crippen LogP contribution >= 0.6 is 12.2 Å². The van der Waals surface area contributed by atoms with Crippen LogP contribution in [0.1, 0.15) is 12.5 Å². The molecule has 0 aliphatic carbocycles. The third kappa shape index (κ3) is 3.43. The summed E-state index contributed by atoms with van der Waals surface area (Å²) in [6.07, 6.45) is 0. The maximum absolute atomic E-state index is 5.65. The summed E-state index contributed by atoms with van der Waals surface area (Å²) < 4.78 is 7.96. The summed E-state index contributed by atoms with van der Waals surface area (Å²) >= 11 is 5.32. The smallest absolute Gasteiger partial charge is 0.214 e. The van der Waals surface area contributed by atoms with Gasteiger partial charge in [-0.3, -0.25) is 0 Å². The Kier molecular flexibility index (Phi) is 4.73. The first-order valence-corrected chi connectivity index (χ1v) is 7.88. The maximum atomic E-state index is 5.65. The normalized spacial score (nSPS) is 10.5. The first kappa shape index (κ1) is 15.3. The van der Waals surface area contributed by atoms with Crippen molar-refractivity contribution >= 4 is 12.2 Å². The van der Waals surface area contributed by atoms with Crippen molar-refractivity contribution in [2.24, 2.45) is 0 Å². The Labute approximate surface area is 139 Å². The number of nitrogens with zero attached hydrogens (tertiary/aromatic N) is 2. The summed E-state index contributed by atoms with van der Waals surface area (Å²) in [5, 5.41) is 7.14. The number of aromatic nitrogens is 3. The van der Waals surface area contributed by atoms with Crippen molar-refractivity contribution in [2.45, 2.75) is 13.5 Å². The zero-order chi connectivity index (χ0) is 16.1. The highest BCUT2D eigenvalue weighted by Gasteiger charge is 2.09. The molecule has 0 aliphatic heterocycles. The van der Waals surface area contributed by atoms with E-state index in [1.165, 1.54) is 0 Å². The van der Waals surface area contributed by atoms with E-state index in [4.69, 9.17) is 17.0 Å². The average Bonchev–Trinajstić information content (AvgIpc) is 2.96. The van der Waals surface area contributed by atoms with Gasteiger partial charge >= 0.3 is 0 Å². The molecule has 2 aromatic carbocycles. The topological polar surface area (TPSA) is 54.9 Å². The monoisotopic (exact) mass is 326 g/mol. The molecule has 6 heteroatoms. The fourth-order valence-electron chi connectivity index (χ4n) is 2.33. The number of hydrogen-bond donors (Lipinski definition) is 2. The number of rotatable bonds is 6. The van der Waals surface area contributed by atoms with Crippen LogP contribution in [0.4, 0.5) is 0 Å². The van der Waals surface area contributed by atoms with Crippen molar-refractivity contribution < 1.29 is 4.74 Å². The van der Waals surface area contributed by atoms with E-state index in [2.05, 4.69) is 15.6 Å². The van der Waals surface area contributed by atoms with E-state index in [0.29, 0.717) is 17.9 Å². The number of para-hydroxylation sites is 1. The molecule has 3 aromatic rings.